The standard InChI is InChI=1S/C15H26N2O3/c1-2-20-9-5-8-16-15(19)12-10-14(18)17(11-12)13-6-3-4-7-13/h12-13H,2-11H2,1H3,(H,16,19)/t12-/m1/s1. The second kappa shape index (κ2) is 7.62. The van der Waals surface area contributed by atoms with Crippen LogP contribution < -0.4 is 5.32 Å². The van der Waals surface area contributed by atoms with Gasteiger partial charge in [0.2, 0.25) is 11.8 Å². The van der Waals surface area contributed by atoms with Gasteiger partial charge < -0.3 is 15.0 Å². The van der Waals surface area contributed by atoms with Gasteiger partial charge in [-0.3, -0.25) is 9.59 Å². The van der Waals surface area contributed by atoms with Crippen molar-refractivity contribution < 1.29 is 14.3 Å². The lowest BCUT2D eigenvalue weighted by atomic mass is 10.1. The van der Waals surface area contributed by atoms with Crippen molar-refractivity contribution in [3.63, 3.8) is 0 Å². The van der Waals surface area contributed by atoms with Crippen LogP contribution >= 0.6 is 0 Å². The fraction of sp³-hybridized carbons (Fsp3) is 0.867. The van der Waals surface area contributed by atoms with Crippen LogP contribution in [0.1, 0.15) is 45.4 Å². The van der Waals surface area contributed by atoms with Gasteiger partial charge in [0.25, 0.3) is 0 Å². The van der Waals surface area contributed by atoms with E-state index >= 15 is 0 Å². The Kier molecular flexibility index (Phi) is 5.83. The molecule has 1 atom stereocenters. The second-order valence-corrected chi connectivity index (χ2v) is 5.73. The number of hydrogen-bond donors (Lipinski definition) is 1. The topological polar surface area (TPSA) is 58.6 Å². The predicted octanol–water partition coefficient (Wildman–Crippen LogP) is 1.32. The van der Waals surface area contributed by atoms with Crippen LogP contribution in [0.25, 0.3) is 0 Å². The van der Waals surface area contributed by atoms with E-state index in [1.54, 1.807) is 0 Å². The zero-order valence-electron chi connectivity index (χ0n) is 12.4. The molecule has 1 heterocycles. The van der Waals surface area contributed by atoms with Crippen LogP contribution in [-0.2, 0) is 14.3 Å². The van der Waals surface area contributed by atoms with Crippen molar-refractivity contribution in [2.75, 3.05) is 26.3 Å². The molecule has 1 aliphatic heterocycles. The van der Waals surface area contributed by atoms with Gasteiger partial charge in [-0.15, -0.1) is 0 Å². The summed E-state index contributed by atoms with van der Waals surface area (Å²) >= 11 is 0. The lowest BCUT2D eigenvalue weighted by molar-refractivity contribution is -0.130. The number of carbonyl (C=O) groups excluding carboxylic acids is 2. The zero-order valence-corrected chi connectivity index (χ0v) is 12.4. The van der Waals surface area contributed by atoms with Crippen LogP contribution in [0.4, 0.5) is 0 Å². The number of likely N-dealkylation sites (tertiary alicyclic amines) is 1. The Bertz CT molecular complexity index is 340. The van der Waals surface area contributed by atoms with Crippen LogP contribution in [0.2, 0.25) is 0 Å². The molecule has 1 N–H and O–H groups in total. The van der Waals surface area contributed by atoms with Crippen molar-refractivity contribution in [2.24, 2.45) is 5.92 Å². The van der Waals surface area contributed by atoms with Crippen LogP contribution in [0.3, 0.4) is 0 Å². The maximum atomic E-state index is 12.1. The summed E-state index contributed by atoms with van der Waals surface area (Å²) in [6.07, 6.45) is 5.84. The Morgan fingerprint density at radius 2 is 2.15 bits per heavy atom. The van der Waals surface area contributed by atoms with E-state index in [1.165, 1.54) is 12.8 Å². The number of nitrogens with one attached hydrogen (secondary N) is 1. The van der Waals surface area contributed by atoms with Gasteiger partial charge in [0.1, 0.15) is 0 Å². The minimum absolute atomic E-state index is 0.0235. The van der Waals surface area contributed by atoms with Crippen molar-refractivity contribution >= 4 is 11.8 Å². The minimum Gasteiger partial charge on any atom is -0.382 e. The molecule has 0 aromatic carbocycles. The van der Waals surface area contributed by atoms with E-state index in [0.29, 0.717) is 38.8 Å². The molecule has 5 nitrogen and oxygen atoms in total. The summed E-state index contributed by atoms with van der Waals surface area (Å²) in [5, 5.41) is 2.92. The van der Waals surface area contributed by atoms with Gasteiger partial charge in [0.15, 0.2) is 0 Å². The first-order valence-electron chi connectivity index (χ1n) is 7.87. The number of rotatable bonds is 7. The molecule has 1 saturated carbocycles. The van der Waals surface area contributed by atoms with Gasteiger partial charge in [0, 0.05) is 38.8 Å². The number of ether oxygens (including phenoxy) is 1. The van der Waals surface area contributed by atoms with Crippen LogP contribution in [0.5, 0.6) is 0 Å². The molecular formula is C15H26N2O3. The molecule has 2 rings (SSSR count). The molecule has 0 bridgehead atoms. The summed E-state index contributed by atoms with van der Waals surface area (Å²) in [6, 6.07) is 0.387. The van der Waals surface area contributed by atoms with Crippen molar-refractivity contribution in [3.8, 4) is 0 Å². The Hall–Kier alpha value is -1.10. The molecule has 20 heavy (non-hydrogen) atoms. The molecule has 1 aliphatic carbocycles. The monoisotopic (exact) mass is 282 g/mol. The number of amides is 2. The summed E-state index contributed by atoms with van der Waals surface area (Å²) in [7, 11) is 0. The normalized spacial score (nSPS) is 23.6. The summed E-state index contributed by atoms with van der Waals surface area (Å²) < 4.78 is 5.23. The first kappa shape index (κ1) is 15.3. The van der Waals surface area contributed by atoms with Crippen LogP contribution in [-0.4, -0.2) is 49.1 Å². The molecule has 0 unspecified atom stereocenters. The van der Waals surface area contributed by atoms with E-state index in [1.807, 2.05) is 11.8 Å². The van der Waals surface area contributed by atoms with Gasteiger partial charge in [0.05, 0.1) is 5.92 Å². The Morgan fingerprint density at radius 3 is 2.85 bits per heavy atom. The van der Waals surface area contributed by atoms with Crippen molar-refractivity contribution in [1.29, 1.82) is 0 Å². The third-order valence-electron chi connectivity index (χ3n) is 4.26. The molecule has 2 fully saturated rings. The third kappa shape index (κ3) is 3.95. The first-order valence-corrected chi connectivity index (χ1v) is 7.87. The smallest absolute Gasteiger partial charge is 0.225 e. The molecule has 2 aliphatic rings. The molecular weight excluding hydrogens is 256 g/mol. The van der Waals surface area contributed by atoms with Crippen LogP contribution in [0, 0.1) is 5.92 Å². The lowest BCUT2D eigenvalue weighted by Crippen LogP contribution is -2.37. The number of carbonyl (C=O) groups is 2. The van der Waals surface area contributed by atoms with E-state index in [4.69, 9.17) is 4.74 Å². The van der Waals surface area contributed by atoms with Crippen molar-refractivity contribution in [3.05, 3.63) is 0 Å². The Labute approximate surface area is 121 Å². The van der Waals surface area contributed by atoms with Gasteiger partial charge >= 0.3 is 0 Å². The SMILES string of the molecule is CCOCCCNC(=O)[C@@H]1CC(=O)N(C2CCCC2)C1. The Morgan fingerprint density at radius 1 is 1.40 bits per heavy atom. The van der Waals surface area contributed by atoms with Crippen LogP contribution in [0.15, 0.2) is 0 Å². The van der Waals surface area contributed by atoms with Gasteiger partial charge in [-0.2, -0.15) is 0 Å². The third-order valence-corrected chi connectivity index (χ3v) is 4.26. The van der Waals surface area contributed by atoms with Crippen molar-refractivity contribution in [1.82, 2.24) is 10.2 Å². The Balaban J connectivity index is 1.70. The first-order chi connectivity index (χ1) is 9.72. The molecule has 1 saturated heterocycles. The van der Waals surface area contributed by atoms with E-state index in [2.05, 4.69) is 5.32 Å². The fourth-order valence-electron chi connectivity index (χ4n) is 3.15. The van der Waals surface area contributed by atoms with Gasteiger partial charge in [-0.25, -0.2) is 0 Å². The average Bonchev–Trinajstić information content (AvgIpc) is 3.07. The molecule has 114 valence electrons. The quantitative estimate of drug-likeness (QED) is 0.717. The maximum absolute atomic E-state index is 12.1. The molecule has 0 spiro atoms. The van der Waals surface area contributed by atoms with Gasteiger partial charge in [-0.05, 0) is 26.2 Å². The maximum Gasteiger partial charge on any atom is 0.225 e. The lowest BCUT2D eigenvalue weighted by Gasteiger charge is -2.23. The molecule has 5 heteroatoms. The van der Waals surface area contributed by atoms with E-state index in [9.17, 15) is 9.59 Å². The number of nitrogens with zero attached hydrogens (tertiary/aromatic N) is 1. The molecule has 0 radical (unpaired) electrons. The summed E-state index contributed by atoms with van der Waals surface area (Å²) in [4.78, 5) is 26.0. The van der Waals surface area contributed by atoms with Gasteiger partial charge in [-0.1, -0.05) is 12.8 Å². The molecule has 0 aromatic rings. The zero-order chi connectivity index (χ0) is 14.4. The predicted molar refractivity (Wildman–Crippen MR) is 76.2 cm³/mol. The highest BCUT2D eigenvalue weighted by Gasteiger charge is 2.38. The van der Waals surface area contributed by atoms with E-state index in [0.717, 1.165) is 19.3 Å². The number of hydrogen-bond acceptors (Lipinski definition) is 3. The fourth-order valence-corrected chi connectivity index (χ4v) is 3.15. The van der Waals surface area contributed by atoms with E-state index in [-0.39, 0.29) is 17.7 Å². The molecule has 0 aromatic heterocycles. The highest BCUT2D eigenvalue weighted by Crippen LogP contribution is 2.29. The molecule has 2 amide bonds. The minimum atomic E-state index is -0.157. The van der Waals surface area contributed by atoms with E-state index < -0.39 is 0 Å². The summed E-state index contributed by atoms with van der Waals surface area (Å²) in [5.41, 5.74) is 0. The largest absolute Gasteiger partial charge is 0.382 e. The summed E-state index contributed by atoms with van der Waals surface area (Å²) in [5.74, 6) is 0.0249. The van der Waals surface area contributed by atoms with Crippen molar-refractivity contribution in [2.45, 2.75) is 51.5 Å². The highest BCUT2D eigenvalue weighted by atomic mass is 16.5. The average molecular weight is 282 g/mol. The summed E-state index contributed by atoms with van der Waals surface area (Å²) in [6.45, 7) is 4.59. The second-order valence-electron chi connectivity index (χ2n) is 5.73. The highest BCUT2D eigenvalue weighted by molar-refractivity contribution is 5.89.